The summed E-state index contributed by atoms with van der Waals surface area (Å²) in [6.45, 7) is 11.6. The predicted molar refractivity (Wildman–Crippen MR) is 141 cm³/mol. The number of carbonyl (C=O) groups is 4. The average molecular weight is 538 g/mol. The van der Waals surface area contributed by atoms with Gasteiger partial charge in [0.1, 0.15) is 23.4 Å². The molecule has 38 heavy (non-hydrogen) atoms. The van der Waals surface area contributed by atoms with E-state index in [1.54, 1.807) is 46.8 Å². The van der Waals surface area contributed by atoms with Gasteiger partial charge in [-0.05, 0) is 52.5 Å². The molecule has 0 spiro atoms. The van der Waals surface area contributed by atoms with Crippen molar-refractivity contribution in [3.05, 3.63) is 29.3 Å². The van der Waals surface area contributed by atoms with E-state index in [0.717, 1.165) is 4.90 Å². The number of rotatable bonds is 13. The lowest BCUT2D eigenvalue weighted by Crippen LogP contribution is -2.54. The van der Waals surface area contributed by atoms with Gasteiger partial charge in [-0.15, -0.1) is 0 Å². The molecule has 0 bridgehead atoms. The predicted octanol–water partition coefficient (Wildman–Crippen LogP) is 2.57. The molecule has 11 nitrogen and oxygen atoms in total. The summed E-state index contributed by atoms with van der Waals surface area (Å²) in [5.74, 6) is -2.00. The highest BCUT2D eigenvalue weighted by Gasteiger charge is 2.37. The van der Waals surface area contributed by atoms with Gasteiger partial charge >= 0.3 is 12.1 Å². The van der Waals surface area contributed by atoms with E-state index in [4.69, 9.17) is 9.47 Å². The molecule has 2 unspecified atom stereocenters. The number of aliphatic hydroxyl groups is 1. The highest BCUT2D eigenvalue weighted by Crippen LogP contribution is 2.32. The van der Waals surface area contributed by atoms with Crippen LogP contribution in [-0.4, -0.2) is 76.9 Å². The number of para-hydroxylation sites is 1. The lowest BCUT2D eigenvalue weighted by atomic mass is 9.97. The van der Waals surface area contributed by atoms with E-state index in [0.29, 0.717) is 5.56 Å². The molecule has 1 aromatic carbocycles. The Balaban J connectivity index is 3.43. The Morgan fingerprint density at radius 2 is 1.79 bits per heavy atom. The van der Waals surface area contributed by atoms with Gasteiger partial charge in [0, 0.05) is 18.7 Å². The molecule has 0 fully saturated rings. The molecular formula is C27H43N3O8. The van der Waals surface area contributed by atoms with E-state index in [9.17, 15) is 29.4 Å². The maximum Gasteiger partial charge on any atom is 0.408 e. The molecular weight excluding hydrogens is 494 g/mol. The molecule has 11 heteroatoms. The largest absolute Gasteiger partial charge is 0.507 e. The molecule has 0 saturated carbocycles. The third-order valence-corrected chi connectivity index (χ3v) is 5.38. The summed E-state index contributed by atoms with van der Waals surface area (Å²) in [4.78, 5) is 52.7. The summed E-state index contributed by atoms with van der Waals surface area (Å²) in [5.41, 5.74) is -0.176. The number of esters is 1. The number of aliphatic hydroxyl groups excluding tert-OH is 1. The molecule has 1 rings (SSSR count). The number of nitrogens with one attached hydrogen (secondary N) is 2. The summed E-state index contributed by atoms with van der Waals surface area (Å²) in [7, 11) is 0. The normalized spacial score (nSPS) is 12.9. The Morgan fingerprint density at radius 3 is 2.34 bits per heavy atom. The lowest BCUT2D eigenvalue weighted by molar-refractivity contribution is -0.144. The van der Waals surface area contributed by atoms with Crippen molar-refractivity contribution in [2.45, 2.75) is 79.0 Å². The van der Waals surface area contributed by atoms with Crippen LogP contribution in [0.4, 0.5) is 4.79 Å². The Kier molecular flexibility index (Phi) is 13.0. The van der Waals surface area contributed by atoms with E-state index in [1.807, 2.05) is 13.8 Å². The number of amides is 3. The molecule has 0 aliphatic heterocycles. The molecule has 0 aliphatic rings. The first kappa shape index (κ1) is 32.7. The minimum absolute atomic E-state index is 0.0147. The van der Waals surface area contributed by atoms with Crippen molar-refractivity contribution in [3.63, 3.8) is 0 Å². The number of carbonyl (C=O) groups excluding carboxylic acids is 4. The fraction of sp³-hybridized carbons (Fsp3) is 0.630. The SMILES string of the molecule is CCOC(=O)CCNC(=O)C(c1cccc(C)c1O)N(CCO)C(=O)C(CC(C)C)NC(=O)OC(C)(C)C. The van der Waals surface area contributed by atoms with E-state index < -0.39 is 48.2 Å². The van der Waals surface area contributed by atoms with Crippen molar-refractivity contribution >= 4 is 23.9 Å². The summed E-state index contributed by atoms with van der Waals surface area (Å²) < 4.78 is 10.2. The highest BCUT2D eigenvalue weighted by atomic mass is 16.6. The van der Waals surface area contributed by atoms with Crippen LogP contribution in [0.1, 0.15) is 71.6 Å². The maximum atomic E-state index is 13.9. The molecule has 1 aromatic rings. The van der Waals surface area contributed by atoms with Crippen LogP contribution in [0.25, 0.3) is 0 Å². The van der Waals surface area contributed by atoms with Crippen LogP contribution in [-0.2, 0) is 23.9 Å². The number of phenolic OH excluding ortho intramolecular Hbond substituents is 1. The number of aryl methyl sites for hydroxylation is 1. The van der Waals surface area contributed by atoms with Crippen LogP contribution < -0.4 is 10.6 Å². The van der Waals surface area contributed by atoms with Crippen LogP contribution in [0.15, 0.2) is 18.2 Å². The van der Waals surface area contributed by atoms with Gasteiger partial charge in [0.15, 0.2) is 0 Å². The van der Waals surface area contributed by atoms with Crippen molar-refractivity contribution < 1.29 is 38.9 Å². The minimum Gasteiger partial charge on any atom is -0.507 e. The maximum absolute atomic E-state index is 13.9. The number of hydrogen-bond acceptors (Lipinski definition) is 8. The zero-order valence-corrected chi connectivity index (χ0v) is 23.5. The molecule has 0 heterocycles. The number of alkyl carbamates (subject to hydrolysis) is 1. The third kappa shape index (κ3) is 10.6. The fourth-order valence-corrected chi connectivity index (χ4v) is 3.79. The van der Waals surface area contributed by atoms with Crippen molar-refractivity contribution in [1.29, 1.82) is 0 Å². The summed E-state index contributed by atoms with van der Waals surface area (Å²) in [6.07, 6.45) is -0.651. The van der Waals surface area contributed by atoms with E-state index >= 15 is 0 Å². The van der Waals surface area contributed by atoms with Gasteiger partial charge in [-0.3, -0.25) is 14.4 Å². The molecule has 0 aliphatic carbocycles. The second-order valence-corrected chi connectivity index (χ2v) is 10.3. The van der Waals surface area contributed by atoms with Crippen LogP contribution >= 0.6 is 0 Å². The second-order valence-electron chi connectivity index (χ2n) is 10.3. The average Bonchev–Trinajstić information content (AvgIpc) is 2.79. The molecule has 0 aromatic heterocycles. The van der Waals surface area contributed by atoms with Gasteiger partial charge in [0.05, 0.1) is 19.6 Å². The number of nitrogens with zero attached hydrogens (tertiary/aromatic N) is 1. The fourth-order valence-electron chi connectivity index (χ4n) is 3.79. The van der Waals surface area contributed by atoms with Crippen LogP contribution in [0.3, 0.4) is 0 Å². The number of hydrogen-bond donors (Lipinski definition) is 4. The zero-order valence-electron chi connectivity index (χ0n) is 23.5. The van der Waals surface area contributed by atoms with Crippen molar-refractivity contribution in [2.75, 3.05) is 26.3 Å². The summed E-state index contributed by atoms with van der Waals surface area (Å²) in [6, 6.07) is 2.37. The monoisotopic (exact) mass is 537 g/mol. The number of benzene rings is 1. The van der Waals surface area contributed by atoms with Crippen LogP contribution in [0, 0.1) is 12.8 Å². The first-order valence-corrected chi connectivity index (χ1v) is 12.8. The van der Waals surface area contributed by atoms with Crippen molar-refractivity contribution in [3.8, 4) is 5.75 Å². The lowest BCUT2D eigenvalue weighted by Gasteiger charge is -2.35. The van der Waals surface area contributed by atoms with Gasteiger partial charge < -0.3 is 35.2 Å². The van der Waals surface area contributed by atoms with Gasteiger partial charge in [-0.1, -0.05) is 32.0 Å². The van der Waals surface area contributed by atoms with E-state index in [1.165, 1.54) is 6.07 Å². The molecule has 4 N–H and O–H groups in total. The van der Waals surface area contributed by atoms with Gasteiger partial charge in [-0.25, -0.2) is 4.79 Å². The van der Waals surface area contributed by atoms with E-state index in [2.05, 4.69) is 10.6 Å². The summed E-state index contributed by atoms with van der Waals surface area (Å²) in [5, 5.41) is 25.9. The first-order valence-electron chi connectivity index (χ1n) is 12.8. The Morgan fingerprint density at radius 1 is 1.13 bits per heavy atom. The molecule has 3 amide bonds. The van der Waals surface area contributed by atoms with Crippen molar-refractivity contribution in [2.24, 2.45) is 5.92 Å². The van der Waals surface area contributed by atoms with Gasteiger partial charge in [0.2, 0.25) is 11.8 Å². The Labute approximate surface area is 224 Å². The Hall–Kier alpha value is -3.34. The summed E-state index contributed by atoms with van der Waals surface area (Å²) >= 11 is 0. The number of phenols is 1. The van der Waals surface area contributed by atoms with Crippen LogP contribution in [0.5, 0.6) is 5.75 Å². The minimum atomic E-state index is -1.35. The number of aromatic hydroxyl groups is 1. The Bertz CT molecular complexity index is 958. The van der Waals surface area contributed by atoms with E-state index in [-0.39, 0.29) is 49.8 Å². The quantitative estimate of drug-likeness (QED) is 0.280. The van der Waals surface area contributed by atoms with Crippen molar-refractivity contribution in [1.82, 2.24) is 15.5 Å². The van der Waals surface area contributed by atoms with Gasteiger partial charge in [0.25, 0.3) is 0 Å². The topological polar surface area (TPSA) is 154 Å². The highest BCUT2D eigenvalue weighted by molar-refractivity contribution is 5.92. The zero-order chi connectivity index (χ0) is 29.0. The van der Waals surface area contributed by atoms with Crippen LogP contribution in [0.2, 0.25) is 0 Å². The molecule has 0 saturated heterocycles. The standard InChI is InChI=1S/C27H43N3O8/c1-8-37-21(32)12-13-28-24(34)22(19-11-9-10-18(4)23(19)33)30(14-15-31)25(35)20(16-17(2)3)29-26(36)38-27(5,6)7/h9-11,17,20,22,31,33H,8,12-16H2,1-7H3,(H,28,34)(H,29,36). The van der Waals surface area contributed by atoms with Gasteiger partial charge in [-0.2, -0.15) is 0 Å². The molecule has 0 radical (unpaired) electrons. The molecule has 2 atom stereocenters. The number of ether oxygens (including phenoxy) is 2. The second kappa shape index (κ2) is 15.2. The molecule has 214 valence electrons. The smallest absolute Gasteiger partial charge is 0.408 e. The first-order chi connectivity index (χ1) is 17.7. The third-order valence-electron chi connectivity index (χ3n) is 5.38.